The number of thiophene rings is 1. The molecule has 4 heteroatoms. The highest BCUT2D eigenvalue weighted by Crippen LogP contribution is 2.52. The standard InChI is InChI=1S/C14H18N2OS/c1-14(2)7-3-5-9(14)12-11(13(15)16-17-12)10-6-4-8-18-10/h4,6,8-9H,3,5,7H2,1-2H3,(H2,15,16). The summed E-state index contributed by atoms with van der Waals surface area (Å²) in [6.07, 6.45) is 3.66. The van der Waals surface area contributed by atoms with Crippen LogP contribution in [0.2, 0.25) is 0 Å². The van der Waals surface area contributed by atoms with Gasteiger partial charge in [-0.2, -0.15) is 0 Å². The van der Waals surface area contributed by atoms with Crippen molar-refractivity contribution in [3.05, 3.63) is 23.3 Å². The largest absolute Gasteiger partial charge is 0.380 e. The molecule has 96 valence electrons. The molecule has 0 radical (unpaired) electrons. The van der Waals surface area contributed by atoms with Crippen molar-refractivity contribution in [2.75, 3.05) is 5.73 Å². The second-order valence-corrected chi connectivity index (χ2v) is 6.67. The van der Waals surface area contributed by atoms with E-state index in [0.717, 1.165) is 16.2 Å². The Balaban J connectivity index is 2.09. The molecule has 1 fully saturated rings. The number of aromatic nitrogens is 1. The normalized spacial score (nSPS) is 22.4. The molecule has 1 atom stereocenters. The number of hydrogen-bond acceptors (Lipinski definition) is 4. The number of anilines is 1. The highest BCUT2D eigenvalue weighted by molar-refractivity contribution is 7.13. The second-order valence-electron chi connectivity index (χ2n) is 5.72. The molecule has 1 unspecified atom stereocenters. The molecule has 1 saturated carbocycles. The van der Waals surface area contributed by atoms with E-state index in [9.17, 15) is 0 Å². The molecule has 0 aromatic carbocycles. The van der Waals surface area contributed by atoms with E-state index in [-0.39, 0.29) is 5.41 Å². The van der Waals surface area contributed by atoms with Gasteiger partial charge in [0, 0.05) is 10.8 Å². The van der Waals surface area contributed by atoms with Crippen LogP contribution in [0.15, 0.2) is 22.0 Å². The highest BCUT2D eigenvalue weighted by atomic mass is 32.1. The summed E-state index contributed by atoms with van der Waals surface area (Å²) in [5.41, 5.74) is 7.28. The van der Waals surface area contributed by atoms with Gasteiger partial charge in [0.05, 0.1) is 5.56 Å². The third-order valence-electron chi connectivity index (χ3n) is 4.09. The highest BCUT2D eigenvalue weighted by Gasteiger charge is 2.40. The van der Waals surface area contributed by atoms with Crippen molar-refractivity contribution in [2.24, 2.45) is 5.41 Å². The molecule has 1 aliphatic carbocycles. The van der Waals surface area contributed by atoms with Gasteiger partial charge in [-0.15, -0.1) is 11.3 Å². The van der Waals surface area contributed by atoms with Crippen molar-refractivity contribution >= 4 is 17.2 Å². The Labute approximate surface area is 111 Å². The van der Waals surface area contributed by atoms with Gasteiger partial charge in [0.2, 0.25) is 0 Å². The predicted molar refractivity (Wildman–Crippen MR) is 74.6 cm³/mol. The lowest BCUT2D eigenvalue weighted by molar-refractivity contribution is 0.269. The summed E-state index contributed by atoms with van der Waals surface area (Å²) in [6, 6.07) is 4.12. The zero-order chi connectivity index (χ0) is 12.8. The van der Waals surface area contributed by atoms with Gasteiger partial charge in [0.1, 0.15) is 0 Å². The number of nitrogens with zero attached hydrogens (tertiary/aromatic N) is 1. The van der Waals surface area contributed by atoms with E-state index >= 15 is 0 Å². The Bertz CT molecular complexity index is 542. The summed E-state index contributed by atoms with van der Waals surface area (Å²) in [7, 11) is 0. The average Bonchev–Trinajstić information content (AvgIpc) is 2.98. The summed E-state index contributed by atoms with van der Waals surface area (Å²) >= 11 is 1.69. The van der Waals surface area contributed by atoms with Gasteiger partial charge in [-0.3, -0.25) is 0 Å². The van der Waals surface area contributed by atoms with Crippen molar-refractivity contribution in [1.82, 2.24) is 5.16 Å². The molecule has 2 aromatic rings. The maximum absolute atomic E-state index is 5.99. The third kappa shape index (κ3) is 1.75. The number of hydrogen-bond donors (Lipinski definition) is 1. The van der Waals surface area contributed by atoms with E-state index in [4.69, 9.17) is 10.3 Å². The van der Waals surface area contributed by atoms with Gasteiger partial charge in [-0.1, -0.05) is 31.5 Å². The fourth-order valence-electron chi connectivity index (χ4n) is 3.03. The maximum Gasteiger partial charge on any atom is 0.175 e. The van der Waals surface area contributed by atoms with Gasteiger partial charge in [-0.25, -0.2) is 0 Å². The minimum atomic E-state index is 0.276. The average molecular weight is 262 g/mol. The molecule has 3 rings (SSSR count). The molecule has 18 heavy (non-hydrogen) atoms. The van der Waals surface area contributed by atoms with Crippen molar-refractivity contribution in [3.8, 4) is 10.4 Å². The summed E-state index contributed by atoms with van der Waals surface area (Å²) in [5, 5.41) is 6.05. The topological polar surface area (TPSA) is 52.0 Å². The lowest BCUT2D eigenvalue weighted by atomic mass is 9.79. The van der Waals surface area contributed by atoms with E-state index in [1.807, 2.05) is 6.07 Å². The molecule has 0 aliphatic heterocycles. The fraction of sp³-hybridized carbons (Fsp3) is 0.500. The van der Waals surface area contributed by atoms with Crippen LogP contribution in [0.25, 0.3) is 10.4 Å². The Morgan fingerprint density at radius 1 is 1.50 bits per heavy atom. The minimum absolute atomic E-state index is 0.276. The molecule has 0 saturated heterocycles. The molecule has 3 nitrogen and oxygen atoms in total. The number of nitrogens with two attached hydrogens (primary N) is 1. The smallest absolute Gasteiger partial charge is 0.175 e. The first kappa shape index (κ1) is 11.8. The minimum Gasteiger partial charge on any atom is -0.380 e. The second kappa shape index (κ2) is 4.12. The van der Waals surface area contributed by atoms with E-state index in [2.05, 4.69) is 30.5 Å². The Hall–Kier alpha value is -1.29. The molecule has 1 aliphatic rings. The summed E-state index contributed by atoms with van der Waals surface area (Å²) in [5.74, 6) is 1.94. The van der Waals surface area contributed by atoms with Crippen LogP contribution in [-0.2, 0) is 0 Å². The van der Waals surface area contributed by atoms with Crippen LogP contribution in [0.5, 0.6) is 0 Å². The first-order chi connectivity index (χ1) is 8.59. The van der Waals surface area contributed by atoms with Gasteiger partial charge in [0.25, 0.3) is 0 Å². The number of nitrogen functional groups attached to an aromatic ring is 1. The van der Waals surface area contributed by atoms with Gasteiger partial charge >= 0.3 is 0 Å². The lowest BCUT2D eigenvalue weighted by Crippen LogP contribution is -2.15. The van der Waals surface area contributed by atoms with Crippen LogP contribution in [0.4, 0.5) is 5.82 Å². The van der Waals surface area contributed by atoms with E-state index in [1.165, 1.54) is 19.3 Å². The summed E-state index contributed by atoms with van der Waals surface area (Å²) in [4.78, 5) is 1.16. The van der Waals surface area contributed by atoms with Gasteiger partial charge in [0.15, 0.2) is 11.6 Å². The third-order valence-corrected chi connectivity index (χ3v) is 4.97. The molecule has 0 amide bonds. The first-order valence-electron chi connectivity index (χ1n) is 6.38. The maximum atomic E-state index is 5.99. The summed E-state index contributed by atoms with van der Waals surface area (Å²) in [6.45, 7) is 4.61. The van der Waals surface area contributed by atoms with Gasteiger partial charge in [-0.05, 0) is 29.7 Å². The molecular formula is C14H18N2OS. The molecule has 0 bridgehead atoms. The zero-order valence-corrected chi connectivity index (χ0v) is 11.6. The SMILES string of the molecule is CC1(C)CCCC1c1onc(N)c1-c1cccs1. The van der Waals surface area contributed by atoms with Gasteiger partial charge < -0.3 is 10.3 Å². The van der Waals surface area contributed by atoms with Crippen molar-refractivity contribution < 1.29 is 4.52 Å². The van der Waals surface area contributed by atoms with Crippen LogP contribution in [0.3, 0.4) is 0 Å². The van der Waals surface area contributed by atoms with Crippen LogP contribution >= 0.6 is 11.3 Å². The monoisotopic (exact) mass is 262 g/mol. The van der Waals surface area contributed by atoms with Crippen molar-refractivity contribution in [1.29, 1.82) is 0 Å². The molecule has 2 aromatic heterocycles. The molecular weight excluding hydrogens is 244 g/mol. The van der Waals surface area contributed by atoms with E-state index in [1.54, 1.807) is 11.3 Å². The van der Waals surface area contributed by atoms with Crippen LogP contribution in [0, 0.1) is 5.41 Å². The van der Waals surface area contributed by atoms with Crippen molar-refractivity contribution in [3.63, 3.8) is 0 Å². The Morgan fingerprint density at radius 3 is 2.94 bits per heavy atom. The van der Waals surface area contributed by atoms with Crippen molar-refractivity contribution in [2.45, 2.75) is 39.0 Å². The Kier molecular flexibility index (Phi) is 2.70. The first-order valence-corrected chi connectivity index (χ1v) is 7.26. The summed E-state index contributed by atoms with van der Waals surface area (Å²) < 4.78 is 5.57. The Morgan fingerprint density at radius 2 is 2.33 bits per heavy atom. The van der Waals surface area contributed by atoms with Crippen LogP contribution < -0.4 is 5.73 Å². The van der Waals surface area contributed by atoms with Crippen LogP contribution in [0.1, 0.15) is 44.8 Å². The lowest BCUT2D eigenvalue weighted by Gasteiger charge is -2.25. The van der Waals surface area contributed by atoms with E-state index in [0.29, 0.717) is 11.7 Å². The number of rotatable bonds is 2. The molecule has 2 heterocycles. The van der Waals surface area contributed by atoms with Crippen LogP contribution in [-0.4, -0.2) is 5.16 Å². The zero-order valence-electron chi connectivity index (χ0n) is 10.8. The van der Waals surface area contributed by atoms with E-state index < -0.39 is 0 Å². The molecule has 0 spiro atoms. The predicted octanol–water partition coefficient (Wildman–Crippen LogP) is 4.28. The molecule has 2 N–H and O–H groups in total. The quantitative estimate of drug-likeness (QED) is 0.878. The fourth-order valence-corrected chi connectivity index (χ4v) is 3.82.